The highest BCUT2D eigenvalue weighted by Gasteiger charge is 2.30. The molecule has 0 rings (SSSR count). The Hall–Kier alpha value is -1.94. The highest BCUT2D eigenvalue weighted by Crippen LogP contribution is 2.45. The molecule has 0 saturated carbocycles. The van der Waals surface area contributed by atoms with Crippen LogP contribution in [0.2, 0.25) is 0 Å². The summed E-state index contributed by atoms with van der Waals surface area (Å²) >= 11 is 0. The van der Waals surface area contributed by atoms with Gasteiger partial charge in [0.1, 0.15) is 19.3 Å². The molecule has 17 nitrogen and oxygen atoms in total. The van der Waals surface area contributed by atoms with Gasteiger partial charge < -0.3 is 33.8 Å². The maximum Gasteiger partial charge on any atom is 0.472 e. The van der Waals surface area contributed by atoms with Crippen LogP contribution in [0.25, 0.3) is 0 Å². The van der Waals surface area contributed by atoms with Crippen LogP contribution >= 0.6 is 15.6 Å². The minimum Gasteiger partial charge on any atom is -0.462 e. The van der Waals surface area contributed by atoms with Crippen molar-refractivity contribution < 1.29 is 80.2 Å². The zero-order chi connectivity index (χ0) is 65.7. The first-order valence-electron chi connectivity index (χ1n) is 36.5. The number of carbonyl (C=O) groups is 4. The van der Waals surface area contributed by atoms with Crippen molar-refractivity contribution in [2.24, 2.45) is 11.8 Å². The number of hydrogen-bond donors (Lipinski definition) is 3. The monoisotopic (exact) mass is 1310 g/mol. The van der Waals surface area contributed by atoms with Gasteiger partial charge in [-0.1, -0.05) is 305 Å². The van der Waals surface area contributed by atoms with Gasteiger partial charge in [-0.25, -0.2) is 9.13 Å². The molecule has 0 radical (unpaired) electrons. The van der Waals surface area contributed by atoms with Crippen molar-refractivity contribution in [3.8, 4) is 0 Å². The van der Waals surface area contributed by atoms with E-state index in [1.165, 1.54) is 161 Å². The lowest BCUT2D eigenvalue weighted by molar-refractivity contribution is -0.161. The van der Waals surface area contributed by atoms with Crippen molar-refractivity contribution in [2.75, 3.05) is 39.6 Å². The summed E-state index contributed by atoms with van der Waals surface area (Å²) in [6.07, 6.45) is 47.2. The van der Waals surface area contributed by atoms with E-state index in [4.69, 9.17) is 37.0 Å². The van der Waals surface area contributed by atoms with Crippen LogP contribution in [0, 0.1) is 11.8 Å². The third-order valence-electron chi connectivity index (χ3n) is 16.6. The molecule has 19 heteroatoms. The number of hydrogen-bond acceptors (Lipinski definition) is 15. The average Bonchev–Trinajstić information content (AvgIpc) is 3.60. The summed E-state index contributed by atoms with van der Waals surface area (Å²) in [5.74, 6) is -0.563. The summed E-state index contributed by atoms with van der Waals surface area (Å²) in [5, 5.41) is 10.6. The number of aliphatic hydroxyl groups excluding tert-OH is 1. The van der Waals surface area contributed by atoms with Gasteiger partial charge in [0.05, 0.1) is 26.4 Å². The molecule has 0 spiro atoms. The van der Waals surface area contributed by atoms with Crippen LogP contribution in [0.1, 0.15) is 356 Å². The topological polar surface area (TPSA) is 237 Å². The molecular formula is C70H136O17P2. The van der Waals surface area contributed by atoms with E-state index in [2.05, 4.69) is 41.5 Å². The maximum absolute atomic E-state index is 13.0. The number of rotatable bonds is 69. The third kappa shape index (κ3) is 63.2. The van der Waals surface area contributed by atoms with E-state index in [0.717, 1.165) is 115 Å². The molecule has 0 fully saturated rings. The van der Waals surface area contributed by atoms with E-state index in [1.807, 2.05) is 0 Å². The summed E-state index contributed by atoms with van der Waals surface area (Å²) in [6.45, 7) is 9.53. The van der Waals surface area contributed by atoms with Crippen molar-refractivity contribution >= 4 is 39.5 Å². The molecule has 0 amide bonds. The van der Waals surface area contributed by atoms with Gasteiger partial charge in [-0.15, -0.1) is 0 Å². The second kappa shape index (κ2) is 62.2. The van der Waals surface area contributed by atoms with E-state index >= 15 is 0 Å². The van der Waals surface area contributed by atoms with Gasteiger partial charge >= 0.3 is 39.5 Å². The van der Waals surface area contributed by atoms with E-state index in [0.29, 0.717) is 25.7 Å². The molecule has 0 saturated heterocycles. The number of esters is 4. The van der Waals surface area contributed by atoms with E-state index in [1.54, 1.807) is 0 Å². The van der Waals surface area contributed by atoms with Gasteiger partial charge in [-0.05, 0) is 37.5 Å². The normalized spacial score (nSPS) is 14.4. The fourth-order valence-electron chi connectivity index (χ4n) is 10.6. The molecule has 528 valence electrons. The molecule has 0 heterocycles. The van der Waals surface area contributed by atoms with Gasteiger partial charge in [-0.2, -0.15) is 0 Å². The van der Waals surface area contributed by atoms with Crippen molar-refractivity contribution in [2.45, 2.75) is 374 Å². The highest BCUT2D eigenvalue weighted by molar-refractivity contribution is 7.47. The lowest BCUT2D eigenvalue weighted by Gasteiger charge is -2.21. The first kappa shape index (κ1) is 87.1. The summed E-state index contributed by atoms with van der Waals surface area (Å²) in [6, 6.07) is 0. The lowest BCUT2D eigenvalue weighted by Crippen LogP contribution is -2.30. The molecule has 0 aromatic rings. The fourth-order valence-corrected chi connectivity index (χ4v) is 12.1. The number of unbranched alkanes of at least 4 members (excludes halogenated alkanes) is 38. The lowest BCUT2D eigenvalue weighted by atomic mass is 9.99. The van der Waals surface area contributed by atoms with Crippen molar-refractivity contribution in [1.82, 2.24) is 0 Å². The standard InChI is InChI=1S/C70H136O17P2/c1-7-10-12-14-16-17-18-21-25-28-35-41-47-53-68(73)81-59-66(86-69(74)54-48-42-36-29-26-23-20-19-22-24-27-33-38-44-50-62(4)5)61-85-89(78,79)83-57-64(71)56-82-88(76,77)84-60-65(58-80-67(72)52-46-40-32-15-13-11-8-2)87-70(75)55-49-43-37-31-30-34-39-45-51-63(6)9-3/h62-66,71H,7-61H2,1-6H3,(H,76,77)(H,78,79)/t63?,64-,65+,66+/m0/s1. The first-order valence-corrected chi connectivity index (χ1v) is 39.5. The molecule has 0 aliphatic heterocycles. The number of ether oxygens (including phenoxy) is 4. The molecule has 0 bridgehead atoms. The molecule has 0 aliphatic rings. The van der Waals surface area contributed by atoms with Crippen LogP contribution in [-0.2, 0) is 65.4 Å². The number of carbonyl (C=O) groups excluding carboxylic acids is 4. The van der Waals surface area contributed by atoms with Crippen molar-refractivity contribution in [1.29, 1.82) is 0 Å². The van der Waals surface area contributed by atoms with Crippen molar-refractivity contribution in [3.05, 3.63) is 0 Å². The molecule has 89 heavy (non-hydrogen) atoms. The van der Waals surface area contributed by atoms with E-state index in [9.17, 15) is 43.2 Å². The Morgan fingerprint density at radius 2 is 0.573 bits per heavy atom. The van der Waals surface area contributed by atoms with Gasteiger partial charge in [0.2, 0.25) is 0 Å². The molecule has 0 aromatic heterocycles. The number of phosphoric acid groups is 2. The molecule has 0 aliphatic carbocycles. The second-order valence-electron chi connectivity index (χ2n) is 26.0. The highest BCUT2D eigenvalue weighted by atomic mass is 31.2. The molecule has 3 N–H and O–H groups in total. The Morgan fingerprint density at radius 1 is 0.326 bits per heavy atom. The minimum absolute atomic E-state index is 0.105. The average molecular weight is 1310 g/mol. The maximum atomic E-state index is 13.0. The summed E-state index contributed by atoms with van der Waals surface area (Å²) in [7, 11) is -9.90. The zero-order valence-corrected chi connectivity index (χ0v) is 59.5. The summed E-state index contributed by atoms with van der Waals surface area (Å²) in [4.78, 5) is 72.4. The quantitative estimate of drug-likeness (QED) is 0.0222. The Balaban J connectivity index is 5.21. The van der Waals surface area contributed by atoms with Crippen LogP contribution in [0.5, 0.6) is 0 Å². The Morgan fingerprint density at radius 3 is 0.854 bits per heavy atom. The first-order chi connectivity index (χ1) is 42.9. The Bertz CT molecular complexity index is 1740. The smallest absolute Gasteiger partial charge is 0.462 e. The molecular weight excluding hydrogens is 1170 g/mol. The van der Waals surface area contributed by atoms with Crippen LogP contribution in [0.15, 0.2) is 0 Å². The fraction of sp³-hybridized carbons (Fsp3) is 0.943. The van der Waals surface area contributed by atoms with Gasteiger partial charge in [0, 0.05) is 25.7 Å². The Labute approximate surface area is 543 Å². The molecule has 3 unspecified atom stereocenters. The Kier molecular flexibility index (Phi) is 60.8. The largest absolute Gasteiger partial charge is 0.472 e. The summed E-state index contributed by atoms with van der Waals surface area (Å²) in [5.41, 5.74) is 0. The number of aliphatic hydroxyl groups is 1. The zero-order valence-electron chi connectivity index (χ0n) is 57.7. The van der Waals surface area contributed by atoms with Crippen LogP contribution in [0.3, 0.4) is 0 Å². The van der Waals surface area contributed by atoms with E-state index in [-0.39, 0.29) is 25.7 Å². The third-order valence-corrected chi connectivity index (χ3v) is 18.5. The minimum atomic E-state index is -4.95. The van der Waals surface area contributed by atoms with Crippen LogP contribution in [0.4, 0.5) is 0 Å². The van der Waals surface area contributed by atoms with E-state index < -0.39 is 97.5 Å². The predicted octanol–water partition coefficient (Wildman–Crippen LogP) is 20.0. The van der Waals surface area contributed by atoms with Crippen molar-refractivity contribution in [3.63, 3.8) is 0 Å². The summed E-state index contributed by atoms with van der Waals surface area (Å²) < 4.78 is 68.2. The van der Waals surface area contributed by atoms with Gasteiger partial charge in [0.15, 0.2) is 12.2 Å². The van der Waals surface area contributed by atoms with Crippen LogP contribution in [-0.4, -0.2) is 96.7 Å². The predicted molar refractivity (Wildman–Crippen MR) is 358 cm³/mol. The second-order valence-corrected chi connectivity index (χ2v) is 28.9. The van der Waals surface area contributed by atoms with Crippen LogP contribution < -0.4 is 0 Å². The van der Waals surface area contributed by atoms with Gasteiger partial charge in [0.25, 0.3) is 0 Å². The molecule has 6 atom stereocenters. The number of phosphoric ester groups is 2. The van der Waals surface area contributed by atoms with Gasteiger partial charge in [-0.3, -0.25) is 37.3 Å². The molecule has 0 aromatic carbocycles. The SMILES string of the molecule is CCCCCCCCCCCCCCCC(=O)OC[C@H](COP(=O)(O)OC[C@@H](O)COP(=O)(O)OC[C@@H](COC(=O)CCCCCCCCC)OC(=O)CCCCCCCCCCC(C)CC)OC(=O)CCCCCCCCCCCCCCCCC(C)C.